The molecule has 12 heavy (non-hydrogen) atoms. The first-order valence-corrected chi connectivity index (χ1v) is 4.09. The van der Waals surface area contributed by atoms with Gasteiger partial charge in [-0.15, -0.1) is 12.4 Å². The molecule has 3 nitrogen and oxygen atoms in total. The Balaban J connectivity index is 0.00000121. The van der Waals surface area contributed by atoms with Crippen molar-refractivity contribution in [2.45, 2.75) is 32.2 Å². The van der Waals surface area contributed by atoms with E-state index in [0.29, 0.717) is 0 Å². The molecule has 0 aromatic rings. The van der Waals surface area contributed by atoms with E-state index in [-0.39, 0.29) is 30.3 Å². The fraction of sp³-hybridized carbons (Fsp3) is 0.875. The van der Waals surface area contributed by atoms with Gasteiger partial charge in [-0.2, -0.15) is 0 Å². The number of carbonyl (C=O) groups is 1. The van der Waals surface area contributed by atoms with Gasteiger partial charge in [0.25, 0.3) is 0 Å². The number of rotatable bonds is 1. The van der Waals surface area contributed by atoms with Crippen LogP contribution in [0.3, 0.4) is 0 Å². The van der Waals surface area contributed by atoms with Crippen molar-refractivity contribution in [1.82, 2.24) is 0 Å². The van der Waals surface area contributed by atoms with Crippen LogP contribution in [-0.4, -0.2) is 17.1 Å². The van der Waals surface area contributed by atoms with E-state index >= 15 is 0 Å². The molecule has 0 heterocycles. The molecule has 0 aliphatic heterocycles. The first-order valence-electron chi connectivity index (χ1n) is 4.09. The van der Waals surface area contributed by atoms with E-state index < -0.39 is 5.97 Å². The molecule has 1 saturated carbocycles. The third-order valence-corrected chi connectivity index (χ3v) is 2.53. The van der Waals surface area contributed by atoms with Gasteiger partial charge in [-0.3, -0.25) is 4.79 Å². The van der Waals surface area contributed by atoms with Crippen molar-refractivity contribution < 1.29 is 9.90 Å². The molecule has 3 atom stereocenters. The predicted molar refractivity (Wildman–Crippen MR) is 49.4 cm³/mol. The molecule has 0 saturated heterocycles. The summed E-state index contributed by atoms with van der Waals surface area (Å²) >= 11 is 0. The first kappa shape index (κ1) is 11.7. The van der Waals surface area contributed by atoms with Gasteiger partial charge in [0.1, 0.15) is 0 Å². The van der Waals surface area contributed by atoms with Gasteiger partial charge < -0.3 is 10.8 Å². The second-order valence-electron chi connectivity index (χ2n) is 3.50. The lowest BCUT2D eigenvalue weighted by Crippen LogP contribution is -2.35. The quantitative estimate of drug-likeness (QED) is 0.659. The van der Waals surface area contributed by atoms with E-state index in [4.69, 9.17) is 10.8 Å². The predicted octanol–water partition coefficient (Wildman–Crippen LogP) is 1.26. The number of nitrogens with two attached hydrogens (primary N) is 1. The van der Waals surface area contributed by atoms with Crippen molar-refractivity contribution >= 4 is 18.4 Å². The normalized spacial score (nSPS) is 35.3. The zero-order valence-corrected chi connectivity index (χ0v) is 8.01. The summed E-state index contributed by atoms with van der Waals surface area (Å²) in [5.41, 5.74) is 5.69. The molecule has 0 aromatic heterocycles. The number of carboxylic acid groups (broad SMARTS) is 1. The molecule has 0 radical (unpaired) electrons. The molecule has 1 fully saturated rings. The van der Waals surface area contributed by atoms with Gasteiger partial charge in [0.05, 0.1) is 5.92 Å². The smallest absolute Gasteiger partial charge is 0.306 e. The highest BCUT2D eigenvalue weighted by atomic mass is 35.5. The van der Waals surface area contributed by atoms with E-state index in [2.05, 4.69) is 0 Å². The maximum atomic E-state index is 10.6. The average Bonchev–Trinajstić information content (AvgIpc) is 1.85. The molecule has 0 amide bonds. The molecule has 0 bridgehead atoms. The number of hydrogen-bond acceptors (Lipinski definition) is 2. The Bertz CT molecular complexity index is 163. The van der Waals surface area contributed by atoms with Crippen molar-refractivity contribution in [1.29, 1.82) is 0 Å². The van der Waals surface area contributed by atoms with E-state index in [9.17, 15) is 4.79 Å². The Kier molecular flexibility index (Phi) is 4.57. The number of carboxylic acids is 1. The van der Waals surface area contributed by atoms with Crippen LogP contribution < -0.4 is 5.73 Å². The Labute approximate surface area is 78.7 Å². The topological polar surface area (TPSA) is 63.3 Å². The average molecular weight is 194 g/mol. The minimum Gasteiger partial charge on any atom is -0.481 e. The molecule has 0 unspecified atom stereocenters. The van der Waals surface area contributed by atoms with Gasteiger partial charge in [0.2, 0.25) is 0 Å². The summed E-state index contributed by atoms with van der Waals surface area (Å²) in [6.07, 6.45) is 2.47. The Morgan fingerprint density at radius 3 is 2.50 bits per heavy atom. The molecule has 0 aromatic carbocycles. The van der Waals surface area contributed by atoms with Crippen LogP contribution in [0, 0.1) is 11.8 Å². The van der Waals surface area contributed by atoms with Crippen molar-refractivity contribution in [2.75, 3.05) is 0 Å². The van der Waals surface area contributed by atoms with Crippen LogP contribution in [0.25, 0.3) is 0 Å². The van der Waals surface area contributed by atoms with Crippen molar-refractivity contribution in [3.05, 3.63) is 0 Å². The molecule has 72 valence electrons. The van der Waals surface area contributed by atoms with E-state index in [1.165, 1.54) is 0 Å². The summed E-state index contributed by atoms with van der Waals surface area (Å²) in [5, 5.41) is 8.75. The van der Waals surface area contributed by atoms with E-state index in [1.54, 1.807) is 0 Å². The van der Waals surface area contributed by atoms with Crippen LogP contribution >= 0.6 is 12.4 Å². The van der Waals surface area contributed by atoms with Gasteiger partial charge >= 0.3 is 5.97 Å². The van der Waals surface area contributed by atoms with Crippen LogP contribution in [0.15, 0.2) is 0 Å². The second kappa shape index (κ2) is 4.67. The third-order valence-electron chi connectivity index (χ3n) is 2.53. The lowest BCUT2D eigenvalue weighted by molar-refractivity contribution is -0.144. The summed E-state index contributed by atoms with van der Waals surface area (Å²) in [7, 11) is 0. The van der Waals surface area contributed by atoms with Gasteiger partial charge in [-0.25, -0.2) is 0 Å². The highest BCUT2D eigenvalue weighted by Crippen LogP contribution is 2.28. The van der Waals surface area contributed by atoms with Gasteiger partial charge in [0, 0.05) is 6.04 Å². The fourth-order valence-electron chi connectivity index (χ4n) is 1.80. The van der Waals surface area contributed by atoms with Gasteiger partial charge in [-0.05, 0) is 25.2 Å². The molecule has 1 rings (SSSR count). The Morgan fingerprint density at radius 1 is 1.50 bits per heavy atom. The largest absolute Gasteiger partial charge is 0.481 e. The first-order chi connectivity index (χ1) is 5.11. The zero-order valence-electron chi connectivity index (χ0n) is 7.19. The number of hydrogen-bond donors (Lipinski definition) is 2. The van der Waals surface area contributed by atoms with E-state index in [0.717, 1.165) is 19.3 Å². The highest BCUT2D eigenvalue weighted by molar-refractivity contribution is 5.85. The Morgan fingerprint density at radius 2 is 2.08 bits per heavy atom. The van der Waals surface area contributed by atoms with Crippen molar-refractivity contribution in [3.63, 3.8) is 0 Å². The van der Waals surface area contributed by atoms with Crippen LogP contribution in [0.1, 0.15) is 26.2 Å². The van der Waals surface area contributed by atoms with Crippen LogP contribution in [0.5, 0.6) is 0 Å². The zero-order chi connectivity index (χ0) is 8.43. The lowest BCUT2D eigenvalue weighted by Gasteiger charge is -2.29. The van der Waals surface area contributed by atoms with E-state index in [1.807, 2.05) is 6.92 Å². The van der Waals surface area contributed by atoms with Crippen LogP contribution in [-0.2, 0) is 4.79 Å². The summed E-state index contributed by atoms with van der Waals surface area (Å²) in [6.45, 7) is 1.97. The van der Waals surface area contributed by atoms with Gasteiger partial charge in [-0.1, -0.05) is 6.92 Å². The summed E-state index contributed by atoms with van der Waals surface area (Å²) in [4.78, 5) is 10.6. The molecular weight excluding hydrogens is 178 g/mol. The summed E-state index contributed by atoms with van der Waals surface area (Å²) in [5.74, 6) is -0.574. The van der Waals surface area contributed by atoms with Crippen LogP contribution in [0.4, 0.5) is 0 Å². The maximum absolute atomic E-state index is 10.6. The van der Waals surface area contributed by atoms with Crippen molar-refractivity contribution in [3.8, 4) is 0 Å². The van der Waals surface area contributed by atoms with Gasteiger partial charge in [0.15, 0.2) is 0 Å². The third kappa shape index (κ3) is 2.64. The molecule has 1 aliphatic carbocycles. The second-order valence-corrected chi connectivity index (χ2v) is 3.50. The Hall–Kier alpha value is -0.280. The van der Waals surface area contributed by atoms with Crippen LogP contribution in [0.2, 0.25) is 0 Å². The standard InChI is InChI=1S/C8H15NO2.ClH/c1-5-4-6(9)2-3-7(5)8(10)11;/h5-7H,2-4,9H2,1H3,(H,10,11);1H/t5-,6-,7+;/m0./s1. The number of halogens is 1. The summed E-state index contributed by atoms with van der Waals surface area (Å²) < 4.78 is 0. The molecular formula is C8H16ClNO2. The highest BCUT2D eigenvalue weighted by Gasteiger charge is 2.30. The SMILES string of the molecule is C[C@H]1C[C@@H](N)CC[C@H]1C(=O)O.Cl. The number of aliphatic carboxylic acids is 1. The minimum atomic E-state index is -0.663. The summed E-state index contributed by atoms with van der Waals surface area (Å²) in [6, 6.07) is 0.223. The molecule has 4 heteroatoms. The fourth-order valence-corrected chi connectivity index (χ4v) is 1.80. The maximum Gasteiger partial charge on any atom is 0.306 e. The minimum absolute atomic E-state index is 0. The monoisotopic (exact) mass is 193 g/mol. The molecule has 3 N–H and O–H groups in total. The molecule has 0 spiro atoms. The lowest BCUT2D eigenvalue weighted by atomic mass is 9.78. The van der Waals surface area contributed by atoms with Crippen molar-refractivity contribution in [2.24, 2.45) is 17.6 Å². The molecule has 1 aliphatic rings.